The zero-order valence-corrected chi connectivity index (χ0v) is 10.9. The number of aliphatic hydroxyl groups is 1. The minimum Gasteiger partial charge on any atom is -0.479 e. The Hall–Kier alpha value is -1.67. The van der Waals surface area contributed by atoms with Crippen LogP contribution < -0.4 is 5.32 Å². The number of urea groups is 1. The second-order valence-electron chi connectivity index (χ2n) is 3.75. The van der Waals surface area contributed by atoms with Gasteiger partial charge in [0.25, 0.3) is 0 Å². The fraction of sp³-hybridized carbons (Fsp3) is 0.500. The molecule has 0 aromatic carbocycles. The molecule has 8 heteroatoms. The lowest BCUT2D eigenvalue weighted by molar-refractivity contribution is -0.146. The molecule has 1 aromatic heterocycles. The zero-order valence-electron chi connectivity index (χ0n) is 10.1. The molecule has 0 saturated carbocycles. The van der Waals surface area contributed by atoms with E-state index in [2.05, 4.69) is 10.3 Å². The first-order valence-corrected chi connectivity index (χ1v) is 6.09. The molecule has 0 spiro atoms. The Morgan fingerprint density at radius 3 is 2.78 bits per heavy atom. The molecule has 0 radical (unpaired) electrons. The van der Waals surface area contributed by atoms with Gasteiger partial charge in [-0.1, -0.05) is 0 Å². The number of hydrogen-bond acceptors (Lipinski definition) is 5. The summed E-state index contributed by atoms with van der Waals surface area (Å²) in [6, 6.07) is -0.457. The van der Waals surface area contributed by atoms with Crippen LogP contribution in [0.4, 0.5) is 4.79 Å². The minimum absolute atomic E-state index is 0.325. The van der Waals surface area contributed by atoms with Crippen molar-refractivity contribution in [3.8, 4) is 0 Å². The quantitative estimate of drug-likeness (QED) is 0.703. The summed E-state index contributed by atoms with van der Waals surface area (Å²) >= 11 is 1.49. The number of carbonyl (C=O) groups is 2. The number of aromatic nitrogens is 1. The highest BCUT2D eigenvalue weighted by Crippen LogP contribution is 2.09. The molecule has 1 aromatic rings. The van der Waals surface area contributed by atoms with E-state index in [1.807, 2.05) is 12.3 Å². The third-order valence-corrected chi connectivity index (χ3v) is 2.97. The third-order valence-electron chi connectivity index (χ3n) is 2.14. The molecule has 0 fully saturated rings. The van der Waals surface area contributed by atoms with Gasteiger partial charge in [0, 0.05) is 12.4 Å². The Balaban J connectivity index is 2.39. The Morgan fingerprint density at radius 2 is 2.28 bits per heavy atom. The van der Waals surface area contributed by atoms with E-state index in [9.17, 15) is 9.59 Å². The van der Waals surface area contributed by atoms with Crippen LogP contribution in [0.2, 0.25) is 0 Å². The fourth-order valence-electron chi connectivity index (χ4n) is 1.20. The maximum absolute atomic E-state index is 11.6. The van der Waals surface area contributed by atoms with Crippen LogP contribution in [0, 0.1) is 6.92 Å². The number of carboxylic acid groups (broad SMARTS) is 1. The summed E-state index contributed by atoms with van der Waals surface area (Å²) in [5.74, 6) is -1.37. The number of aliphatic carboxylic acids is 1. The highest BCUT2D eigenvalue weighted by atomic mass is 32.1. The summed E-state index contributed by atoms with van der Waals surface area (Å²) in [5, 5.41) is 22.5. The summed E-state index contributed by atoms with van der Waals surface area (Å²) in [5.41, 5.74) is 0.772. The van der Waals surface area contributed by atoms with Gasteiger partial charge in [0.05, 0.1) is 23.8 Å². The van der Waals surface area contributed by atoms with Gasteiger partial charge >= 0.3 is 12.0 Å². The van der Waals surface area contributed by atoms with Gasteiger partial charge in [-0.3, -0.25) is 0 Å². The van der Waals surface area contributed by atoms with E-state index in [-0.39, 0.29) is 6.54 Å². The highest BCUT2D eigenvalue weighted by Gasteiger charge is 2.16. The van der Waals surface area contributed by atoms with Crippen molar-refractivity contribution in [1.29, 1.82) is 0 Å². The van der Waals surface area contributed by atoms with E-state index in [0.717, 1.165) is 10.7 Å². The Labute approximate surface area is 108 Å². The summed E-state index contributed by atoms with van der Waals surface area (Å²) in [6.07, 6.45) is -1.59. The molecule has 18 heavy (non-hydrogen) atoms. The topological polar surface area (TPSA) is 103 Å². The van der Waals surface area contributed by atoms with Crippen molar-refractivity contribution in [3.05, 3.63) is 16.1 Å². The fourth-order valence-corrected chi connectivity index (χ4v) is 1.81. The van der Waals surface area contributed by atoms with Gasteiger partial charge in [-0.25, -0.2) is 14.6 Å². The monoisotopic (exact) mass is 273 g/mol. The number of aryl methyl sites for hydroxylation is 1. The molecule has 1 rings (SSSR count). The number of carboxylic acids is 1. The van der Waals surface area contributed by atoms with Crippen molar-refractivity contribution < 1.29 is 19.8 Å². The molecular weight excluding hydrogens is 258 g/mol. The summed E-state index contributed by atoms with van der Waals surface area (Å²) < 4.78 is 0. The van der Waals surface area contributed by atoms with E-state index < -0.39 is 18.1 Å². The van der Waals surface area contributed by atoms with E-state index >= 15 is 0 Å². The van der Waals surface area contributed by atoms with Gasteiger partial charge in [0.1, 0.15) is 0 Å². The summed E-state index contributed by atoms with van der Waals surface area (Å²) in [6.45, 7) is 1.88. The molecule has 1 atom stereocenters. The summed E-state index contributed by atoms with van der Waals surface area (Å²) in [7, 11) is 1.57. The largest absolute Gasteiger partial charge is 0.479 e. The van der Waals surface area contributed by atoms with Crippen molar-refractivity contribution >= 4 is 23.3 Å². The first-order valence-electron chi connectivity index (χ1n) is 5.21. The van der Waals surface area contributed by atoms with Gasteiger partial charge < -0.3 is 20.4 Å². The summed E-state index contributed by atoms with van der Waals surface area (Å²) in [4.78, 5) is 27.5. The minimum atomic E-state index is -1.59. The number of rotatable bonds is 5. The molecule has 0 unspecified atom stereocenters. The number of thiazole rings is 1. The maximum atomic E-state index is 11.6. The van der Waals surface area contributed by atoms with Crippen LogP contribution in [0.15, 0.2) is 5.38 Å². The third kappa shape index (κ3) is 4.30. The number of nitrogens with zero attached hydrogens (tertiary/aromatic N) is 2. The molecule has 1 heterocycles. The van der Waals surface area contributed by atoms with Crippen LogP contribution in [-0.2, 0) is 11.3 Å². The number of aliphatic hydroxyl groups excluding tert-OH is 1. The average molecular weight is 273 g/mol. The van der Waals surface area contributed by atoms with Crippen molar-refractivity contribution in [2.45, 2.75) is 19.6 Å². The molecule has 0 aliphatic carbocycles. The SMILES string of the molecule is Cc1nc(CN(C)C(=O)NC[C@H](O)C(=O)O)cs1. The Bertz CT molecular complexity index is 435. The predicted octanol–water partition coefficient (Wildman–Crippen LogP) is 0.0384. The number of hydrogen-bond donors (Lipinski definition) is 3. The van der Waals surface area contributed by atoms with E-state index in [0.29, 0.717) is 6.54 Å². The molecule has 100 valence electrons. The van der Waals surface area contributed by atoms with Gasteiger partial charge in [-0.05, 0) is 6.92 Å². The molecule has 0 saturated heterocycles. The van der Waals surface area contributed by atoms with E-state index in [1.165, 1.54) is 16.2 Å². The lowest BCUT2D eigenvalue weighted by Gasteiger charge is -2.17. The highest BCUT2D eigenvalue weighted by molar-refractivity contribution is 7.09. The van der Waals surface area contributed by atoms with Crippen LogP contribution in [0.3, 0.4) is 0 Å². The first-order chi connectivity index (χ1) is 8.40. The molecular formula is C10H15N3O4S. The lowest BCUT2D eigenvalue weighted by Crippen LogP contribution is -2.42. The predicted molar refractivity (Wildman–Crippen MR) is 65.4 cm³/mol. The van der Waals surface area contributed by atoms with Crippen LogP contribution >= 0.6 is 11.3 Å². The molecule has 7 nitrogen and oxygen atoms in total. The zero-order chi connectivity index (χ0) is 13.7. The second-order valence-corrected chi connectivity index (χ2v) is 4.82. The van der Waals surface area contributed by atoms with Crippen molar-refractivity contribution in [3.63, 3.8) is 0 Å². The average Bonchev–Trinajstić information content (AvgIpc) is 2.70. The molecule has 0 bridgehead atoms. The van der Waals surface area contributed by atoms with Gasteiger partial charge in [0.15, 0.2) is 6.10 Å². The van der Waals surface area contributed by atoms with Crippen LogP contribution in [0.5, 0.6) is 0 Å². The van der Waals surface area contributed by atoms with Crippen LogP contribution in [-0.4, -0.2) is 51.8 Å². The standard InChI is InChI=1S/C10H15N3O4S/c1-6-12-7(5-18-6)4-13(2)10(17)11-3-8(14)9(15)16/h5,8,14H,3-4H2,1-2H3,(H,11,17)(H,15,16)/t8-/m0/s1. The Morgan fingerprint density at radius 1 is 1.61 bits per heavy atom. The lowest BCUT2D eigenvalue weighted by atomic mass is 10.3. The smallest absolute Gasteiger partial charge is 0.334 e. The molecule has 0 aliphatic rings. The number of nitrogens with one attached hydrogen (secondary N) is 1. The van der Waals surface area contributed by atoms with Crippen molar-refractivity contribution in [1.82, 2.24) is 15.2 Å². The van der Waals surface area contributed by atoms with Crippen molar-refractivity contribution in [2.75, 3.05) is 13.6 Å². The Kier molecular flexibility index (Phi) is 5.05. The van der Waals surface area contributed by atoms with Gasteiger partial charge in [-0.2, -0.15) is 0 Å². The van der Waals surface area contributed by atoms with Crippen LogP contribution in [0.25, 0.3) is 0 Å². The van der Waals surface area contributed by atoms with E-state index in [1.54, 1.807) is 7.05 Å². The molecule has 0 aliphatic heterocycles. The molecule has 3 N–H and O–H groups in total. The van der Waals surface area contributed by atoms with Crippen molar-refractivity contribution in [2.24, 2.45) is 0 Å². The number of carbonyl (C=O) groups excluding carboxylic acids is 1. The maximum Gasteiger partial charge on any atom is 0.334 e. The molecule has 2 amide bonds. The van der Waals surface area contributed by atoms with Gasteiger partial charge in [0.2, 0.25) is 0 Å². The van der Waals surface area contributed by atoms with Crippen LogP contribution in [0.1, 0.15) is 10.7 Å². The number of amides is 2. The van der Waals surface area contributed by atoms with E-state index in [4.69, 9.17) is 10.2 Å². The first kappa shape index (κ1) is 14.4. The normalized spacial score (nSPS) is 11.9. The van der Waals surface area contributed by atoms with Gasteiger partial charge in [-0.15, -0.1) is 11.3 Å². The second kappa shape index (κ2) is 6.31.